The highest BCUT2D eigenvalue weighted by Crippen LogP contribution is 2.32. The molecular weight excluding hydrogens is 284 g/mol. The van der Waals surface area contributed by atoms with Crippen LogP contribution in [0, 0.1) is 11.6 Å². The van der Waals surface area contributed by atoms with Gasteiger partial charge >= 0.3 is 5.97 Å². The number of benzene rings is 1. The van der Waals surface area contributed by atoms with Gasteiger partial charge in [-0.25, -0.2) is 8.78 Å². The van der Waals surface area contributed by atoms with Crippen LogP contribution < -0.4 is 5.73 Å². The zero-order valence-corrected chi connectivity index (χ0v) is 12.6. The first-order chi connectivity index (χ1) is 9.35. The number of rotatable bonds is 6. The largest absolute Gasteiger partial charge is 0.462 e. The SMILES string of the molecule is CCCC(Sc1cc(N)c(F)cc1F)C(=O)OC(C)C. The first-order valence-corrected chi connectivity index (χ1v) is 7.34. The quantitative estimate of drug-likeness (QED) is 0.494. The van der Waals surface area contributed by atoms with Crippen molar-refractivity contribution in [2.45, 2.75) is 49.9 Å². The summed E-state index contributed by atoms with van der Waals surface area (Å²) < 4.78 is 31.9. The Morgan fingerprint density at radius 1 is 1.35 bits per heavy atom. The zero-order valence-electron chi connectivity index (χ0n) is 11.8. The number of halogens is 2. The predicted octanol–water partition coefficient (Wildman–Crippen LogP) is 3.76. The van der Waals surface area contributed by atoms with Crippen LogP contribution in [-0.4, -0.2) is 17.3 Å². The number of ether oxygens (including phenoxy) is 1. The fraction of sp³-hybridized carbons (Fsp3) is 0.500. The minimum atomic E-state index is -0.802. The molecule has 0 radical (unpaired) electrons. The normalized spacial score (nSPS) is 12.5. The summed E-state index contributed by atoms with van der Waals surface area (Å²) in [6.07, 6.45) is 1.07. The summed E-state index contributed by atoms with van der Waals surface area (Å²) in [5.74, 6) is -1.92. The molecule has 0 heterocycles. The minimum Gasteiger partial charge on any atom is -0.462 e. The maximum Gasteiger partial charge on any atom is 0.319 e. The standard InChI is InChI=1S/C14H19F2NO2S/c1-4-5-12(14(18)19-8(2)3)20-13-7-11(17)9(15)6-10(13)16/h6-8,12H,4-5,17H2,1-3H3. The summed E-state index contributed by atoms with van der Waals surface area (Å²) in [5, 5.41) is -0.526. The molecule has 1 unspecified atom stereocenters. The van der Waals surface area contributed by atoms with Crippen molar-refractivity contribution in [3.63, 3.8) is 0 Å². The topological polar surface area (TPSA) is 52.3 Å². The zero-order chi connectivity index (χ0) is 15.3. The van der Waals surface area contributed by atoms with Gasteiger partial charge in [-0.1, -0.05) is 13.3 Å². The Balaban J connectivity index is 2.90. The van der Waals surface area contributed by atoms with Crippen molar-refractivity contribution in [2.24, 2.45) is 0 Å². The third-order valence-corrected chi connectivity index (χ3v) is 3.77. The van der Waals surface area contributed by atoms with Gasteiger partial charge in [-0.2, -0.15) is 0 Å². The summed E-state index contributed by atoms with van der Waals surface area (Å²) in [7, 11) is 0. The molecule has 1 aromatic carbocycles. The Bertz CT molecular complexity index is 480. The van der Waals surface area contributed by atoms with Crippen molar-refractivity contribution in [2.75, 3.05) is 5.73 Å². The van der Waals surface area contributed by atoms with Crippen molar-refractivity contribution >= 4 is 23.4 Å². The Kier molecular flexibility index (Phi) is 6.26. The summed E-state index contributed by atoms with van der Waals surface area (Å²) in [6.45, 7) is 5.43. The smallest absolute Gasteiger partial charge is 0.319 e. The van der Waals surface area contributed by atoms with Crippen LogP contribution in [0.3, 0.4) is 0 Å². The van der Waals surface area contributed by atoms with Crippen LogP contribution in [0.2, 0.25) is 0 Å². The molecule has 0 aliphatic carbocycles. The van der Waals surface area contributed by atoms with Crippen LogP contribution >= 0.6 is 11.8 Å². The molecule has 0 aliphatic rings. The highest BCUT2D eigenvalue weighted by Gasteiger charge is 2.23. The van der Waals surface area contributed by atoms with Crippen molar-refractivity contribution in [1.29, 1.82) is 0 Å². The number of nitrogens with two attached hydrogens (primary N) is 1. The van der Waals surface area contributed by atoms with Gasteiger partial charge in [0.1, 0.15) is 16.9 Å². The monoisotopic (exact) mass is 303 g/mol. The summed E-state index contributed by atoms with van der Waals surface area (Å²) in [4.78, 5) is 12.1. The van der Waals surface area contributed by atoms with Crippen molar-refractivity contribution in [1.82, 2.24) is 0 Å². The molecule has 0 bridgehead atoms. The molecule has 0 aliphatic heterocycles. The third-order valence-electron chi connectivity index (χ3n) is 2.49. The molecule has 20 heavy (non-hydrogen) atoms. The van der Waals surface area contributed by atoms with Crippen LogP contribution in [0.5, 0.6) is 0 Å². The van der Waals surface area contributed by atoms with E-state index in [4.69, 9.17) is 10.5 Å². The molecule has 0 saturated carbocycles. The van der Waals surface area contributed by atoms with E-state index < -0.39 is 22.9 Å². The van der Waals surface area contributed by atoms with E-state index >= 15 is 0 Å². The number of nitrogen functional groups attached to an aromatic ring is 1. The molecule has 1 atom stereocenters. The lowest BCUT2D eigenvalue weighted by Crippen LogP contribution is -2.23. The van der Waals surface area contributed by atoms with Gasteiger partial charge in [-0.3, -0.25) is 4.79 Å². The van der Waals surface area contributed by atoms with E-state index in [1.165, 1.54) is 6.07 Å². The lowest BCUT2D eigenvalue weighted by molar-refractivity contribution is -0.146. The number of carbonyl (C=O) groups is 1. The van der Waals surface area contributed by atoms with Gasteiger partial charge in [0.05, 0.1) is 11.8 Å². The molecule has 0 saturated heterocycles. The Morgan fingerprint density at radius 2 is 2.00 bits per heavy atom. The van der Waals surface area contributed by atoms with Gasteiger partial charge in [0.2, 0.25) is 0 Å². The van der Waals surface area contributed by atoms with Gasteiger partial charge in [0.15, 0.2) is 0 Å². The number of hydrogen-bond acceptors (Lipinski definition) is 4. The average Bonchev–Trinajstić information content (AvgIpc) is 2.34. The average molecular weight is 303 g/mol. The molecule has 1 rings (SSSR count). The van der Waals surface area contributed by atoms with Crippen molar-refractivity contribution in [3.8, 4) is 0 Å². The number of esters is 1. The third kappa shape index (κ3) is 4.67. The lowest BCUT2D eigenvalue weighted by Gasteiger charge is -2.17. The maximum absolute atomic E-state index is 13.7. The van der Waals surface area contributed by atoms with Crippen molar-refractivity contribution in [3.05, 3.63) is 23.8 Å². The van der Waals surface area contributed by atoms with E-state index in [-0.39, 0.29) is 16.7 Å². The van der Waals surface area contributed by atoms with Crippen molar-refractivity contribution < 1.29 is 18.3 Å². The van der Waals surface area contributed by atoms with Crippen LogP contribution in [0.15, 0.2) is 17.0 Å². The van der Waals surface area contributed by atoms with E-state index in [1.807, 2.05) is 6.92 Å². The van der Waals surface area contributed by atoms with Gasteiger partial charge in [-0.05, 0) is 26.3 Å². The summed E-state index contributed by atoms with van der Waals surface area (Å²) >= 11 is 1.02. The van der Waals surface area contributed by atoms with Gasteiger partial charge in [0, 0.05) is 11.0 Å². The molecule has 3 nitrogen and oxygen atoms in total. The predicted molar refractivity (Wildman–Crippen MR) is 76.6 cm³/mol. The fourth-order valence-corrected chi connectivity index (χ4v) is 2.76. The van der Waals surface area contributed by atoms with E-state index in [2.05, 4.69) is 0 Å². The van der Waals surface area contributed by atoms with E-state index in [9.17, 15) is 13.6 Å². The molecule has 0 spiro atoms. The molecule has 0 amide bonds. The number of thioether (sulfide) groups is 1. The fourth-order valence-electron chi connectivity index (χ4n) is 1.58. The summed E-state index contributed by atoms with van der Waals surface area (Å²) in [5.41, 5.74) is 5.29. The van der Waals surface area contributed by atoms with Crippen LogP contribution in [0.4, 0.5) is 14.5 Å². The second-order valence-electron chi connectivity index (χ2n) is 4.68. The maximum atomic E-state index is 13.7. The second kappa shape index (κ2) is 7.47. The first-order valence-electron chi connectivity index (χ1n) is 6.46. The summed E-state index contributed by atoms with van der Waals surface area (Å²) in [6, 6.07) is 1.94. The number of anilines is 1. The molecule has 2 N–H and O–H groups in total. The van der Waals surface area contributed by atoms with E-state index in [0.29, 0.717) is 6.42 Å². The Labute approximate surface area is 121 Å². The first kappa shape index (κ1) is 16.8. The number of carbonyl (C=O) groups excluding carboxylic acids is 1. The Morgan fingerprint density at radius 3 is 2.55 bits per heavy atom. The highest BCUT2D eigenvalue weighted by molar-refractivity contribution is 8.00. The highest BCUT2D eigenvalue weighted by atomic mass is 32.2. The van der Waals surface area contributed by atoms with Crippen LogP contribution in [0.1, 0.15) is 33.6 Å². The van der Waals surface area contributed by atoms with Gasteiger partial charge < -0.3 is 10.5 Å². The van der Waals surface area contributed by atoms with Crippen LogP contribution in [-0.2, 0) is 9.53 Å². The molecule has 0 fully saturated rings. The molecule has 1 aromatic rings. The Hall–Kier alpha value is -1.30. The molecule has 0 aromatic heterocycles. The second-order valence-corrected chi connectivity index (χ2v) is 5.93. The lowest BCUT2D eigenvalue weighted by atomic mass is 10.2. The van der Waals surface area contributed by atoms with E-state index in [1.54, 1.807) is 13.8 Å². The molecule has 112 valence electrons. The van der Waals surface area contributed by atoms with Gasteiger partial charge in [-0.15, -0.1) is 11.8 Å². The van der Waals surface area contributed by atoms with E-state index in [0.717, 1.165) is 24.2 Å². The van der Waals surface area contributed by atoms with Gasteiger partial charge in [0.25, 0.3) is 0 Å². The molecular formula is C14H19F2NO2S. The minimum absolute atomic E-state index is 0.138. The number of hydrogen-bond donors (Lipinski definition) is 1. The van der Waals surface area contributed by atoms with Crippen LogP contribution in [0.25, 0.3) is 0 Å². The molecule has 6 heteroatoms.